The molecule has 0 aliphatic rings. The molecule has 2 amide bonds. The summed E-state index contributed by atoms with van der Waals surface area (Å²) in [6.45, 7) is 1.58. The van der Waals surface area contributed by atoms with Crippen LogP contribution in [-0.2, 0) is 4.79 Å². The van der Waals surface area contributed by atoms with Crippen molar-refractivity contribution in [2.75, 3.05) is 14.2 Å². The van der Waals surface area contributed by atoms with E-state index in [1.54, 1.807) is 31.3 Å². The minimum atomic E-state index is -0.782. The molecule has 1 aromatic heterocycles. The van der Waals surface area contributed by atoms with E-state index >= 15 is 0 Å². The summed E-state index contributed by atoms with van der Waals surface area (Å²) in [6, 6.07) is 11.8. The largest absolute Gasteiger partial charge is 0.493 e. The van der Waals surface area contributed by atoms with Gasteiger partial charge in [-0.05, 0) is 31.2 Å². The summed E-state index contributed by atoms with van der Waals surface area (Å²) < 4.78 is 10.3. The molecule has 1 atom stereocenters. The van der Waals surface area contributed by atoms with E-state index in [0.29, 0.717) is 17.1 Å². The highest BCUT2D eigenvalue weighted by atomic mass is 16.5. The number of amides is 2. The first-order valence-corrected chi connectivity index (χ1v) is 8.95. The third-order valence-electron chi connectivity index (χ3n) is 4.39. The third-order valence-corrected chi connectivity index (χ3v) is 4.39. The van der Waals surface area contributed by atoms with Crippen molar-refractivity contribution in [1.82, 2.24) is 15.7 Å². The Bertz CT molecular complexity index is 1060. The quantitative estimate of drug-likeness (QED) is 0.423. The highest BCUT2D eigenvalue weighted by molar-refractivity contribution is 6.00. The van der Waals surface area contributed by atoms with Crippen molar-refractivity contribution >= 4 is 28.9 Å². The Balaban J connectivity index is 1.59. The monoisotopic (exact) mass is 394 g/mol. The Kier molecular flexibility index (Phi) is 6.13. The van der Waals surface area contributed by atoms with Gasteiger partial charge in [-0.1, -0.05) is 18.2 Å². The van der Waals surface area contributed by atoms with E-state index in [-0.39, 0.29) is 0 Å². The van der Waals surface area contributed by atoms with Gasteiger partial charge in [0.2, 0.25) is 0 Å². The fourth-order valence-corrected chi connectivity index (χ4v) is 2.79. The number of rotatable bonds is 7. The maximum atomic E-state index is 12.4. The van der Waals surface area contributed by atoms with E-state index < -0.39 is 17.9 Å². The number of hydrogen-bond donors (Lipinski definition) is 3. The van der Waals surface area contributed by atoms with Crippen LogP contribution in [0, 0.1) is 0 Å². The zero-order chi connectivity index (χ0) is 20.8. The number of H-pyrrole nitrogens is 1. The van der Waals surface area contributed by atoms with Gasteiger partial charge in [0.1, 0.15) is 6.04 Å². The van der Waals surface area contributed by atoms with Crippen LogP contribution in [0.1, 0.15) is 22.8 Å². The van der Waals surface area contributed by atoms with E-state index in [0.717, 1.165) is 16.5 Å². The fourth-order valence-electron chi connectivity index (χ4n) is 2.79. The average molecular weight is 394 g/mol. The number of para-hydroxylation sites is 1. The lowest BCUT2D eigenvalue weighted by Crippen LogP contribution is -2.43. The zero-order valence-corrected chi connectivity index (χ0v) is 16.4. The minimum Gasteiger partial charge on any atom is -0.493 e. The van der Waals surface area contributed by atoms with E-state index in [1.165, 1.54) is 14.2 Å². The number of benzene rings is 2. The molecule has 1 unspecified atom stereocenters. The molecule has 1 heterocycles. The molecule has 150 valence electrons. The second-order valence-electron chi connectivity index (χ2n) is 6.29. The van der Waals surface area contributed by atoms with Gasteiger partial charge in [0, 0.05) is 28.2 Å². The van der Waals surface area contributed by atoms with Gasteiger partial charge in [-0.15, -0.1) is 0 Å². The lowest BCUT2D eigenvalue weighted by atomic mass is 10.1. The van der Waals surface area contributed by atoms with Crippen LogP contribution in [-0.4, -0.2) is 43.3 Å². The van der Waals surface area contributed by atoms with Gasteiger partial charge in [-0.2, -0.15) is 5.10 Å². The van der Waals surface area contributed by atoms with Crippen molar-refractivity contribution < 1.29 is 19.1 Å². The number of fused-ring (bicyclic) bond motifs is 1. The second-order valence-corrected chi connectivity index (χ2v) is 6.29. The topological polar surface area (TPSA) is 105 Å². The Labute approximate surface area is 167 Å². The number of ether oxygens (including phenoxy) is 2. The van der Waals surface area contributed by atoms with Gasteiger partial charge in [0.15, 0.2) is 11.5 Å². The first-order valence-electron chi connectivity index (χ1n) is 8.95. The predicted octanol–water partition coefficient (Wildman–Crippen LogP) is 2.45. The molecular formula is C21H22N4O4. The fraction of sp³-hybridized carbons (Fsp3) is 0.190. The van der Waals surface area contributed by atoms with Crippen molar-refractivity contribution in [3.8, 4) is 11.5 Å². The average Bonchev–Trinajstić information content (AvgIpc) is 3.16. The number of hydrogen-bond acceptors (Lipinski definition) is 5. The van der Waals surface area contributed by atoms with E-state index in [2.05, 4.69) is 20.8 Å². The SMILES string of the molecule is COc1ccc(C(=O)NC(C)C(=O)NN=Cc2c[nH]c3ccccc23)cc1OC. The number of aromatic amines is 1. The van der Waals surface area contributed by atoms with Crippen LogP contribution in [0.15, 0.2) is 53.8 Å². The lowest BCUT2D eigenvalue weighted by molar-refractivity contribution is -0.122. The number of methoxy groups -OCH3 is 2. The molecule has 3 N–H and O–H groups in total. The summed E-state index contributed by atoms with van der Waals surface area (Å²) in [5.41, 5.74) is 4.62. The minimum absolute atomic E-state index is 0.351. The normalized spacial score (nSPS) is 12.0. The number of nitrogens with one attached hydrogen (secondary N) is 3. The second kappa shape index (κ2) is 8.92. The van der Waals surface area contributed by atoms with Crippen molar-refractivity contribution in [3.05, 3.63) is 59.8 Å². The van der Waals surface area contributed by atoms with Crippen molar-refractivity contribution in [2.45, 2.75) is 13.0 Å². The van der Waals surface area contributed by atoms with Gasteiger partial charge in [-0.25, -0.2) is 5.43 Å². The van der Waals surface area contributed by atoms with Gasteiger partial charge in [0.05, 0.1) is 20.4 Å². The van der Waals surface area contributed by atoms with Crippen LogP contribution < -0.4 is 20.2 Å². The molecule has 0 spiro atoms. The Morgan fingerprint density at radius 2 is 1.86 bits per heavy atom. The molecule has 3 aromatic rings. The molecular weight excluding hydrogens is 372 g/mol. The molecule has 3 rings (SSSR count). The van der Waals surface area contributed by atoms with Crippen LogP contribution in [0.2, 0.25) is 0 Å². The summed E-state index contributed by atoms with van der Waals surface area (Å²) in [6.07, 6.45) is 3.36. The third kappa shape index (κ3) is 4.55. The Hall–Kier alpha value is -3.81. The molecule has 0 aliphatic carbocycles. The van der Waals surface area contributed by atoms with Gasteiger partial charge >= 0.3 is 0 Å². The molecule has 0 fully saturated rings. The summed E-state index contributed by atoms with van der Waals surface area (Å²) in [4.78, 5) is 27.8. The highest BCUT2D eigenvalue weighted by Crippen LogP contribution is 2.27. The van der Waals surface area contributed by atoms with E-state index in [9.17, 15) is 9.59 Å². The number of carbonyl (C=O) groups excluding carboxylic acids is 2. The molecule has 0 saturated carbocycles. The van der Waals surface area contributed by atoms with Crippen molar-refractivity contribution in [1.29, 1.82) is 0 Å². The van der Waals surface area contributed by atoms with Crippen LogP contribution in [0.3, 0.4) is 0 Å². The van der Waals surface area contributed by atoms with Crippen molar-refractivity contribution in [2.24, 2.45) is 5.10 Å². The zero-order valence-electron chi connectivity index (χ0n) is 16.4. The first kappa shape index (κ1) is 19.9. The number of hydrazone groups is 1. The molecule has 0 radical (unpaired) electrons. The van der Waals surface area contributed by atoms with Crippen LogP contribution >= 0.6 is 0 Å². The standard InChI is InChI=1S/C21H22N4O4/c1-13(24-21(27)14-8-9-18(28-2)19(10-14)29-3)20(26)25-23-12-15-11-22-17-7-5-4-6-16(15)17/h4-13,22H,1-3H3,(H,24,27)(H,25,26). The summed E-state index contributed by atoms with van der Waals surface area (Å²) in [5, 5.41) is 7.61. The molecule has 29 heavy (non-hydrogen) atoms. The summed E-state index contributed by atoms with van der Waals surface area (Å²) >= 11 is 0. The Morgan fingerprint density at radius 1 is 1.10 bits per heavy atom. The van der Waals surface area contributed by atoms with Gasteiger partial charge < -0.3 is 19.8 Å². The first-order chi connectivity index (χ1) is 14.0. The Morgan fingerprint density at radius 3 is 2.62 bits per heavy atom. The van der Waals surface area contributed by atoms with Crippen LogP contribution in [0.4, 0.5) is 0 Å². The number of nitrogens with zero attached hydrogens (tertiary/aromatic N) is 1. The van der Waals surface area contributed by atoms with E-state index in [1.807, 2.05) is 30.5 Å². The molecule has 2 aromatic carbocycles. The van der Waals surface area contributed by atoms with Crippen LogP contribution in [0.5, 0.6) is 11.5 Å². The lowest BCUT2D eigenvalue weighted by Gasteiger charge is -2.13. The molecule has 0 saturated heterocycles. The molecule has 0 aliphatic heterocycles. The maximum Gasteiger partial charge on any atom is 0.262 e. The summed E-state index contributed by atoms with van der Waals surface area (Å²) in [7, 11) is 3.00. The number of aromatic nitrogens is 1. The molecule has 8 nitrogen and oxygen atoms in total. The van der Waals surface area contributed by atoms with E-state index in [4.69, 9.17) is 9.47 Å². The smallest absolute Gasteiger partial charge is 0.262 e. The summed E-state index contributed by atoms with van der Waals surface area (Å²) in [5.74, 6) is 0.103. The maximum absolute atomic E-state index is 12.4. The molecule has 8 heteroatoms. The van der Waals surface area contributed by atoms with Gasteiger partial charge in [-0.3, -0.25) is 9.59 Å². The highest BCUT2D eigenvalue weighted by Gasteiger charge is 2.17. The predicted molar refractivity (Wildman–Crippen MR) is 111 cm³/mol. The van der Waals surface area contributed by atoms with Crippen LogP contribution in [0.25, 0.3) is 10.9 Å². The van der Waals surface area contributed by atoms with Crippen molar-refractivity contribution in [3.63, 3.8) is 0 Å². The van der Waals surface area contributed by atoms with Gasteiger partial charge in [0.25, 0.3) is 11.8 Å². The molecule has 0 bridgehead atoms. The number of carbonyl (C=O) groups is 2.